The summed E-state index contributed by atoms with van der Waals surface area (Å²) in [5.41, 5.74) is 0. The first-order chi connectivity index (χ1) is 8.22. The Balaban J connectivity index is 1.89. The van der Waals surface area contributed by atoms with E-state index in [1.54, 1.807) is 18.3 Å². The van der Waals surface area contributed by atoms with Gasteiger partial charge in [-0.1, -0.05) is 11.6 Å². The van der Waals surface area contributed by atoms with Crippen LogP contribution in [0.25, 0.3) is 0 Å². The molecule has 1 aliphatic carbocycles. The summed E-state index contributed by atoms with van der Waals surface area (Å²) in [6.07, 6.45) is 3.79. The van der Waals surface area contributed by atoms with Crippen LogP contribution in [-0.2, 0) is 4.79 Å². The van der Waals surface area contributed by atoms with Crippen molar-refractivity contribution in [1.82, 2.24) is 9.88 Å². The molecule has 0 bridgehead atoms. The second-order valence-corrected chi connectivity index (χ2v) is 4.35. The fourth-order valence-corrected chi connectivity index (χ4v) is 1.90. The van der Waals surface area contributed by atoms with E-state index in [9.17, 15) is 4.79 Å². The van der Waals surface area contributed by atoms with Crippen molar-refractivity contribution in [2.75, 3.05) is 13.2 Å². The summed E-state index contributed by atoms with van der Waals surface area (Å²) in [6, 6.07) is 3.85. The number of hydrogen-bond acceptors (Lipinski definition) is 3. The van der Waals surface area contributed by atoms with E-state index in [-0.39, 0.29) is 17.7 Å². The predicted molar refractivity (Wildman–Crippen MR) is 65.2 cm³/mol. The molecule has 0 unspecified atom stereocenters. The number of aromatic nitrogens is 1. The minimum Gasteiger partial charge on any atom is -0.481 e. The van der Waals surface area contributed by atoms with Crippen molar-refractivity contribution < 1.29 is 9.53 Å². The lowest BCUT2D eigenvalue weighted by Gasteiger charge is -2.20. The molecule has 0 N–H and O–H groups in total. The van der Waals surface area contributed by atoms with Gasteiger partial charge >= 0.3 is 0 Å². The number of ether oxygens (including phenoxy) is 1. The molecule has 1 saturated carbocycles. The van der Waals surface area contributed by atoms with E-state index in [4.69, 9.17) is 16.3 Å². The Kier molecular flexibility index (Phi) is 3.84. The van der Waals surface area contributed by atoms with Crippen molar-refractivity contribution in [1.29, 1.82) is 0 Å². The summed E-state index contributed by atoms with van der Waals surface area (Å²) in [6.45, 7) is 2.73. The van der Waals surface area contributed by atoms with Crippen molar-refractivity contribution in [3.05, 3.63) is 23.5 Å². The van der Waals surface area contributed by atoms with Gasteiger partial charge in [0.05, 0.1) is 0 Å². The van der Waals surface area contributed by atoms with Crippen molar-refractivity contribution in [3.8, 4) is 5.75 Å². The number of nitrogens with zero attached hydrogens (tertiary/aromatic N) is 2. The van der Waals surface area contributed by atoms with Gasteiger partial charge in [0.25, 0.3) is 5.91 Å². The average Bonchev–Trinajstić information content (AvgIpc) is 3.13. The highest BCUT2D eigenvalue weighted by atomic mass is 35.5. The quantitative estimate of drug-likeness (QED) is 0.756. The second-order valence-electron chi connectivity index (χ2n) is 3.99. The third kappa shape index (κ3) is 3.09. The summed E-state index contributed by atoms with van der Waals surface area (Å²) in [5, 5.41) is 0.287. The molecule has 92 valence electrons. The Morgan fingerprint density at radius 2 is 2.41 bits per heavy atom. The molecule has 1 heterocycles. The first kappa shape index (κ1) is 12.2. The number of likely N-dealkylation sites (N-methyl/N-ethyl adjacent to an activating group) is 1. The summed E-state index contributed by atoms with van der Waals surface area (Å²) in [4.78, 5) is 17.6. The molecular formula is C12H15ClN2O2. The maximum absolute atomic E-state index is 11.9. The Morgan fingerprint density at radius 1 is 1.65 bits per heavy atom. The van der Waals surface area contributed by atoms with Crippen molar-refractivity contribution in [3.63, 3.8) is 0 Å². The van der Waals surface area contributed by atoms with Gasteiger partial charge in [-0.05, 0) is 31.9 Å². The van der Waals surface area contributed by atoms with Gasteiger partial charge in [-0.3, -0.25) is 4.79 Å². The average molecular weight is 255 g/mol. The number of amides is 1. The Labute approximate surface area is 106 Å². The molecule has 1 aliphatic rings. The zero-order valence-corrected chi connectivity index (χ0v) is 10.5. The maximum Gasteiger partial charge on any atom is 0.260 e. The molecule has 4 nitrogen and oxygen atoms in total. The van der Waals surface area contributed by atoms with Crippen LogP contribution in [0.4, 0.5) is 0 Å². The number of pyridine rings is 1. The van der Waals surface area contributed by atoms with Gasteiger partial charge in [0.1, 0.15) is 0 Å². The number of halogens is 1. The van der Waals surface area contributed by atoms with E-state index in [0.717, 1.165) is 19.4 Å². The lowest BCUT2D eigenvalue weighted by Crippen LogP contribution is -2.36. The number of rotatable bonds is 5. The van der Waals surface area contributed by atoms with Crippen LogP contribution in [0.15, 0.2) is 18.3 Å². The normalized spacial score (nSPS) is 14.5. The first-order valence-corrected chi connectivity index (χ1v) is 6.13. The van der Waals surface area contributed by atoms with Gasteiger partial charge in [-0.25, -0.2) is 4.98 Å². The summed E-state index contributed by atoms with van der Waals surface area (Å²) < 4.78 is 5.37. The van der Waals surface area contributed by atoms with E-state index in [2.05, 4.69) is 4.98 Å². The Bertz CT molecular complexity index is 407. The van der Waals surface area contributed by atoms with E-state index in [1.165, 1.54) is 0 Å². The molecule has 5 heteroatoms. The van der Waals surface area contributed by atoms with E-state index in [1.807, 2.05) is 11.8 Å². The largest absolute Gasteiger partial charge is 0.481 e. The Morgan fingerprint density at radius 3 is 3.00 bits per heavy atom. The number of hydrogen-bond donors (Lipinski definition) is 0. The van der Waals surface area contributed by atoms with Crippen molar-refractivity contribution >= 4 is 17.5 Å². The van der Waals surface area contributed by atoms with Crippen LogP contribution in [0, 0.1) is 0 Å². The fraction of sp³-hybridized carbons (Fsp3) is 0.500. The highest BCUT2D eigenvalue weighted by molar-refractivity contribution is 6.30. The lowest BCUT2D eigenvalue weighted by molar-refractivity contribution is -0.133. The van der Waals surface area contributed by atoms with Crippen LogP contribution in [0.5, 0.6) is 5.75 Å². The molecule has 1 aromatic rings. The van der Waals surface area contributed by atoms with Crippen molar-refractivity contribution in [2.24, 2.45) is 0 Å². The minimum absolute atomic E-state index is 0.00918. The van der Waals surface area contributed by atoms with Crippen LogP contribution in [-0.4, -0.2) is 35.0 Å². The number of carbonyl (C=O) groups excluding carboxylic acids is 1. The molecule has 0 atom stereocenters. The monoisotopic (exact) mass is 254 g/mol. The fourth-order valence-electron chi connectivity index (χ4n) is 1.73. The van der Waals surface area contributed by atoms with Crippen LogP contribution in [0.2, 0.25) is 5.15 Å². The van der Waals surface area contributed by atoms with E-state index < -0.39 is 0 Å². The second kappa shape index (κ2) is 5.36. The molecular weight excluding hydrogens is 240 g/mol. The van der Waals surface area contributed by atoms with Crippen LogP contribution >= 0.6 is 11.6 Å². The molecule has 1 amide bonds. The Hall–Kier alpha value is -1.29. The molecule has 0 saturated heterocycles. The van der Waals surface area contributed by atoms with Gasteiger partial charge in [-0.2, -0.15) is 0 Å². The summed E-state index contributed by atoms with van der Waals surface area (Å²) in [5.74, 6) is 0.462. The van der Waals surface area contributed by atoms with Crippen LogP contribution < -0.4 is 4.74 Å². The smallest absolute Gasteiger partial charge is 0.260 e. The van der Waals surface area contributed by atoms with E-state index in [0.29, 0.717) is 11.8 Å². The van der Waals surface area contributed by atoms with Gasteiger partial charge in [-0.15, -0.1) is 0 Å². The molecule has 0 aromatic carbocycles. The lowest BCUT2D eigenvalue weighted by atomic mass is 10.4. The standard InChI is InChI=1S/C12H15ClN2O2/c1-2-15(9-5-6-9)11(16)8-17-10-4-3-7-14-12(10)13/h3-4,7,9H,2,5-6,8H2,1H3. The molecule has 0 aliphatic heterocycles. The topological polar surface area (TPSA) is 42.4 Å². The molecule has 2 rings (SSSR count). The maximum atomic E-state index is 11.9. The molecule has 1 fully saturated rings. The molecule has 1 aromatic heterocycles. The van der Waals surface area contributed by atoms with Gasteiger partial charge in [0.2, 0.25) is 0 Å². The zero-order valence-electron chi connectivity index (χ0n) is 9.73. The third-order valence-electron chi connectivity index (χ3n) is 2.72. The summed E-state index contributed by atoms with van der Waals surface area (Å²) in [7, 11) is 0. The highest BCUT2D eigenvalue weighted by Crippen LogP contribution is 2.27. The van der Waals surface area contributed by atoms with Gasteiger partial charge < -0.3 is 9.64 Å². The van der Waals surface area contributed by atoms with Gasteiger partial charge in [0.15, 0.2) is 17.5 Å². The molecule has 17 heavy (non-hydrogen) atoms. The predicted octanol–water partition coefficient (Wildman–Crippen LogP) is 2.12. The van der Waals surface area contributed by atoms with Crippen molar-refractivity contribution in [2.45, 2.75) is 25.8 Å². The third-order valence-corrected chi connectivity index (χ3v) is 3.01. The van der Waals surface area contributed by atoms with E-state index >= 15 is 0 Å². The molecule has 0 radical (unpaired) electrons. The summed E-state index contributed by atoms with van der Waals surface area (Å²) >= 11 is 5.84. The van der Waals surface area contributed by atoms with Crippen LogP contribution in [0.1, 0.15) is 19.8 Å². The number of carbonyl (C=O) groups is 1. The van der Waals surface area contributed by atoms with Gasteiger partial charge in [0, 0.05) is 18.8 Å². The van der Waals surface area contributed by atoms with Crippen LogP contribution in [0.3, 0.4) is 0 Å². The highest BCUT2D eigenvalue weighted by Gasteiger charge is 2.31. The first-order valence-electron chi connectivity index (χ1n) is 5.75. The molecule has 0 spiro atoms. The zero-order chi connectivity index (χ0) is 12.3. The minimum atomic E-state index is 0.00918. The SMILES string of the molecule is CCN(C(=O)COc1cccnc1Cl)C1CC1.